The first kappa shape index (κ1) is 13.2. The molecule has 1 N–H and O–H groups in total. The van der Waals surface area contributed by atoms with Crippen LogP contribution in [0.3, 0.4) is 0 Å². The summed E-state index contributed by atoms with van der Waals surface area (Å²) in [6, 6.07) is 13.5. The van der Waals surface area contributed by atoms with Crippen LogP contribution in [-0.4, -0.2) is 20.2 Å². The molecule has 21 heavy (non-hydrogen) atoms. The third-order valence-electron chi connectivity index (χ3n) is 3.39. The highest BCUT2D eigenvalue weighted by Gasteiger charge is 2.10. The number of aromatic nitrogens is 2. The summed E-state index contributed by atoms with van der Waals surface area (Å²) in [6.07, 6.45) is 3.37. The number of aliphatic carboxylic acids is 1. The summed E-state index contributed by atoms with van der Waals surface area (Å²) in [4.78, 5) is 23.2. The van der Waals surface area contributed by atoms with Gasteiger partial charge in [-0.15, -0.1) is 0 Å². The minimum Gasteiger partial charge on any atom is -0.480 e. The number of nitrogens with zero attached hydrogens (tertiary/aromatic N) is 2. The van der Waals surface area contributed by atoms with E-state index >= 15 is 0 Å². The second-order valence-electron chi connectivity index (χ2n) is 4.88. The van der Waals surface area contributed by atoms with Gasteiger partial charge in [-0.05, 0) is 17.7 Å². The van der Waals surface area contributed by atoms with Crippen molar-refractivity contribution in [3.05, 3.63) is 70.8 Å². The van der Waals surface area contributed by atoms with Gasteiger partial charge in [0.15, 0.2) is 0 Å². The smallest absolute Gasteiger partial charge is 0.323 e. The van der Waals surface area contributed by atoms with E-state index in [1.54, 1.807) is 6.07 Å². The Labute approximate surface area is 120 Å². The first-order valence-corrected chi connectivity index (χ1v) is 6.59. The minimum atomic E-state index is -1.03. The lowest BCUT2D eigenvalue weighted by molar-refractivity contribution is -0.137. The highest BCUT2D eigenvalue weighted by molar-refractivity contribution is 5.79. The Morgan fingerprint density at radius 2 is 1.67 bits per heavy atom. The fraction of sp³-hybridized carbons (Fsp3) is 0.125. The molecule has 1 aromatic carbocycles. The molecule has 0 aliphatic carbocycles. The Bertz CT molecular complexity index is 847. The van der Waals surface area contributed by atoms with Crippen LogP contribution in [0.4, 0.5) is 0 Å². The molecule has 0 bridgehead atoms. The third-order valence-corrected chi connectivity index (χ3v) is 3.39. The van der Waals surface area contributed by atoms with Crippen LogP contribution >= 0.6 is 0 Å². The molecular weight excluding hydrogens is 268 g/mol. The van der Waals surface area contributed by atoms with Crippen molar-refractivity contribution in [1.82, 2.24) is 9.13 Å². The molecule has 0 aliphatic heterocycles. The molecule has 0 aliphatic rings. The summed E-state index contributed by atoms with van der Waals surface area (Å²) in [6.45, 7) is 0.252. The summed E-state index contributed by atoms with van der Waals surface area (Å²) in [5, 5.41) is 9.67. The molecule has 3 aromatic rings. The maximum Gasteiger partial charge on any atom is 0.323 e. The van der Waals surface area contributed by atoms with Crippen LogP contribution in [0, 0.1) is 0 Å². The molecule has 3 rings (SSSR count). The van der Waals surface area contributed by atoms with Crippen molar-refractivity contribution < 1.29 is 9.90 Å². The summed E-state index contributed by atoms with van der Waals surface area (Å²) >= 11 is 0. The van der Waals surface area contributed by atoms with Crippen molar-refractivity contribution in [2.24, 2.45) is 0 Å². The van der Waals surface area contributed by atoms with Gasteiger partial charge < -0.3 is 14.2 Å². The summed E-state index contributed by atoms with van der Waals surface area (Å²) in [5.74, 6) is -1.03. The van der Waals surface area contributed by atoms with Gasteiger partial charge in [0.1, 0.15) is 12.1 Å². The minimum absolute atomic E-state index is 0.282. The van der Waals surface area contributed by atoms with E-state index < -0.39 is 5.97 Å². The van der Waals surface area contributed by atoms with Gasteiger partial charge in [-0.25, -0.2) is 0 Å². The molecule has 0 saturated heterocycles. The monoisotopic (exact) mass is 282 g/mol. The number of benzene rings is 1. The second kappa shape index (κ2) is 5.28. The van der Waals surface area contributed by atoms with Crippen LogP contribution in [0.15, 0.2) is 59.7 Å². The molecule has 2 aromatic heterocycles. The molecule has 106 valence electrons. The van der Waals surface area contributed by atoms with Crippen molar-refractivity contribution >= 4 is 16.9 Å². The van der Waals surface area contributed by atoms with Gasteiger partial charge >= 0.3 is 5.97 Å². The number of rotatable bonds is 4. The van der Waals surface area contributed by atoms with Crippen LogP contribution in [0.25, 0.3) is 10.9 Å². The van der Waals surface area contributed by atoms with E-state index in [1.807, 2.05) is 47.2 Å². The van der Waals surface area contributed by atoms with Gasteiger partial charge in [0.05, 0.1) is 0 Å². The fourth-order valence-electron chi connectivity index (χ4n) is 2.43. The van der Waals surface area contributed by atoms with Crippen molar-refractivity contribution in [1.29, 1.82) is 0 Å². The van der Waals surface area contributed by atoms with E-state index in [9.17, 15) is 9.59 Å². The van der Waals surface area contributed by atoms with Gasteiger partial charge in [-0.1, -0.05) is 30.3 Å². The molecule has 5 heteroatoms. The van der Waals surface area contributed by atoms with E-state index in [2.05, 4.69) is 0 Å². The Hall–Kier alpha value is -2.82. The molecule has 0 fully saturated rings. The molecule has 0 saturated carbocycles. The average molecular weight is 282 g/mol. The van der Waals surface area contributed by atoms with Crippen molar-refractivity contribution in [2.45, 2.75) is 13.1 Å². The zero-order chi connectivity index (χ0) is 14.8. The molecule has 0 radical (unpaired) electrons. The van der Waals surface area contributed by atoms with Gasteiger partial charge in [-0.3, -0.25) is 9.59 Å². The Kier molecular flexibility index (Phi) is 3.31. The SMILES string of the molecule is O=C(O)Cn1ccc2ccn(Cc3ccccc3)c2c1=O. The summed E-state index contributed by atoms with van der Waals surface area (Å²) in [5.41, 5.74) is 1.33. The van der Waals surface area contributed by atoms with Crippen LogP contribution in [0.2, 0.25) is 0 Å². The van der Waals surface area contributed by atoms with Gasteiger partial charge in [0.25, 0.3) is 5.56 Å². The van der Waals surface area contributed by atoms with Crippen LogP contribution < -0.4 is 5.56 Å². The quantitative estimate of drug-likeness (QED) is 0.795. The lowest BCUT2D eigenvalue weighted by Crippen LogP contribution is -2.25. The number of carboxylic acids is 1. The molecule has 5 nitrogen and oxygen atoms in total. The topological polar surface area (TPSA) is 64.2 Å². The van der Waals surface area contributed by atoms with Gasteiger partial charge in [0.2, 0.25) is 0 Å². The van der Waals surface area contributed by atoms with E-state index in [-0.39, 0.29) is 12.1 Å². The van der Waals surface area contributed by atoms with E-state index in [1.165, 1.54) is 10.8 Å². The highest BCUT2D eigenvalue weighted by Crippen LogP contribution is 2.13. The zero-order valence-corrected chi connectivity index (χ0v) is 11.3. The normalized spacial score (nSPS) is 10.9. The zero-order valence-electron chi connectivity index (χ0n) is 11.3. The lowest BCUT2D eigenvalue weighted by atomic mass is 10.2. The number of fused-ring (bicyclic) bond motifs is 1. The average Bonchev–Trinajstić information content (AvgIpc) is 2.86. The maximum atomic E-state index is 12.4. The van der Waals surface area contributed by atoms with E-state index in [0.717, 1.165) is 10.9 Å². The van der Waals surface area contributed by atoms with Crippen LogP contribution in [0.5, 0.6) is 0 Å². The molecule has 2 heterocycles. The Morgan fingerprint density at radius 3 is 2.33 bits per heavy atom. The highest BCUT2D eigenvalue weighted by atomic mass is 16.4. The lowest BCUT2D eigenvalue weighted by Gasteiger charge is -2.07. The van der Waals surface area contributed by atoms with Crippen molar-refractivity contribution in [3.8, 4) is 0 Å². The van der Waals surface area contributed by atoms with E-state index in [0.29, 0.717) is 12.1 Å². The predicted octanol–water partition coefficient (Wildman–Crippen LogP) is 1.94. The number of hydrogen-bond donors (Lipinski definition) is 1. The second-order valence-corrected chi connectivity index (χ2v) is 4.88. The third kappa shape index (κ3) is 2.58. The van der Waals surface area contributed by atoms with Gasteiger partial charge in [0, 0.05) is 24.3 Å². The Balaban J connectivity index is 2.08. The van der Waals surface area contributed by atoms with Crippen LogP contribution in [0.1, 0.15) is 5.56 Å². The first-order valence-electron chi connectivity index (χ1n) is 6.59. The summed E-state index contributed by atoms with van der Waals surface area (Å²) in [7, 11) is 0. The molecular formula is C16H14N2O3. The number of carboxylic acid groups (broad SMARTS) is 1. The largest absolute Gasteiger partial charge is 0.480 e. The maximum absolute atomic E-state index is 12.4. The first-order chi connectivity index (χ1) is 10.1. The van der Waals surface area contributed by atoms with Crippen molar-refractivity contribution in [3.63, 3.8) is 0 Å². The van der Waals surface area contributed by atoms with Gasteiger partial charge in [-0.2, -0.15) is 0 Å². The van der Waals surface area contributed by atoms with Crippen molar-refractivity contribution in [2.75, 3.05) is 0 Å². The number of hydrogen-bond acceptors (Lipinski definition) is 2. The number of carbonyl (C=O) groups is 1. The predicted molar refractivity (Wildman–Crippen MR) is 79.4 cm³/mol. The Morgan fingerprint density at radius 1 is 1.00 bits per heavy atom. The molecule has 0 unspecified atom stereocenters. The van der Waals surface area contributed by atoms with E-state index in [4.69, 9.17) is 5.11 Å². The molecule has 0 amide bonds. The fourth-order valence-corrected chi connectivity index (χ4v) is 2.43. The standard InChI is InChI=1S/C16H14N2O3/c19-14(20)11-18-9-7-13-6-8-17(15(13)16(18)21)10-12-4-2-1-3-5-12/h1-9H,10-11H2,(H,19,20). The molecule has 0 atom stereocenters. The van der Waals surface area contributed by atoms with Crippen LogP contribution in [-0.2, 0) is 17.9 Å². The summed E-state index contributed by atoms with van der Waals surface area (Å²) < 4.78 is 3.07. The molecule has 0 spiro atoms. The number of pyridine rings is 1.